The van der Waals surface area contributed by atoms with Gasteiger partial charge in [-0.25, -0.2) is 0 Å². The Morgan fingerprint density at radius 1 is 0.950 bits per heavy atom. The molecule has 0 aliphatic heterocycles. The predicted molar refractivity (Wildman–Crippen MR) is 86.3 cm³/mol. The first-order valence-corrected chi connectivity index (χ1v) is 6.73. The van der Waals surface area contributed by atoms with Gasteiger partial charge in [0.1, 0.15) is 0 Å². The van der Waals surface area contributed by atoms with Crippen LogP contribution in [0.4, 0.5) is 5.69 Å². The molecule has 0 fully saturated rings. The highest BCUT2D eigenvalue weighted by Gasteiger charge is 2.28. The van der Waals surface area contributed by atoms with E-state index in [9.17, 15) is 0 Å². The number of nitrogens with one attached hydrogen (secondary N) is 1. The molecule has 0 saturated heterocycles. The molecule has 2 aromatic rings. The predicted octanol–water partition coefficient (Wildman–Crippen LogP) is 3.67. The second kappa shape index (κ2) is 4.99. The van der Waals surface area contributed by atoms with Gasteiger partial charge in [-0.2, -0.15) is 0 Å². The quantitative estimate of drug-likeness (QED) is 0.885. The molecule has 0 heterocycles. The Hall–Kier alpha value is -2.32. The lowest BCUT2D eigenvalue weighted by Gasteiger charge is -2.17. The SMILES string of the molecule is C=C1c2ccccc2C(=C)C1Nc1cccc(CN)c1. The van der Waals surface area contributed by atoms with Crippen LogP contribution in [0.3, 0.4) is 0 Å². The van der Waals surface area contributed by atoms with E-state index in [4.69, 9.17) is 5.73 Å². The van der Waals surface area contributed by atoms with Gasteiger partial charge in [0.15, 0.2) is 0 Å². The van der Waals surface area contributed by atoms with Gasteiger partial charge in [0.05, 0.1) is 6.04 Å². The van der Waals surface area contributed by atoms with E-state index < -0.39 is 0 Å². The van der Waals surface area contributed by atoms with E-state index >= 15 is 0 Å². The highest BCUT2D eigenvalue weighted by Crippen LogP contribution is 2.40. The molecular formula is C18H18N2. The van der Waals surface area contributed by atoms with Gasteiger partial charge in [-0.3, -0.25) is 0 Å². The fraction of sp³-hybridized carbons (Fsp3) is 0.111. The summed E-state index contributed by atoms with van der Waals surface area (Å²) in [5.74, 6) is 0. The number of rotatable bonds is 3. The zero-order valence-corrected chi connectivity index (χ0v) is 11.4. The monoisotopic (exact) mass is 262 g/mol. The summed E-state index contributed by atoms with van der Waals surface area (Å²) in [4.78, 5) is 0. The Balaban J connectivity index is 1.89. The molecule has 2 nitrogen and oxygen atoms in total. The van der Waals surface area contributed by atoms with Crippen molar-refractivity contribution in [2.45, 2.75) is 12.6 Å². The van der Waals surface area contributed by atoms with Crippen LogP contribution in [0.1, 0.15) is 16.7 Å². The molecule has 0 spiro atoms. The third-order valence-electron chi connectivity index (χ3n) is 3.79. The molecule has 0 atom stereocenters. The van der Waals surface area contributed by atoms with E-state index in [1.807, 2.05) is 30.3 Å². The van der Waals surface area contributed by atoms with Crippen molar-refractivity contribution in [3.63, 3.8) is 0 Å². The summed E-state index contributed by atoms with van der Waals surface area (Å²) in [6.07, 6.45) is 0. The average molecular weight is 262 g/mol. The van der Waals surface area contributed by atoms with Crippen molar-refractivity contribution in [1.82, 2.24) is 0 Å². The summed E-state index contributed by atoms with van der Waals surface area (Å²) >= 11 is 0. The molecule has 3 N–H and O–H groups in total. The molecule has 0 bridgehead atoms. The summed E-state index contributed by atoms with van der Waals surface area (Å²) in [5, 5.41) is 3.51. The van der Waals surface area contributed by atoms with Crippen molar-refractivity contribution < 1.29 is 0 Å². The molecule has 0 saturated carbocycles. The summed E-state index contributed by atoms with van der Waals surface area (Å²) in [5.41, 5.74) is 12.4. The summed E-state index contributed by atoms with van der Waals surface area (Å²) in [6.45, 7) is 8.98. The molecular weight excluding hydrogens is 244 g/mol. The van der Waals surface area contributed by atoms with Gasteiger partial charge in [0.2, 0.25) is 0 Å². The van der Waals surface area contributed by atoms with Gasteiger partial charge in [0.25, 0.3) is 0 Å². The minimum atomic E-state index is 0.0559. The first-order chi connectivity index (χ1) is 9.70. The molecule has 100 valence electrons. The van der Waals surface area contributed by atoms with Crippen LogP contribution >= 0.6 is 0 Å². The molecule has 0 radical (unpaired) electrons. The Bertz CT molecular complexity index is 650. The van der Waals surface area contributed by atoms with Crippen molar-refractivity contribution in [3.05, 3.63) is 78.4 Å². The van der Waals surface area contributed by atoms with Crippen molar-refractivity contribution >= 4 is 16.8 Å². The second-order valence-electron chi connectivity index (χ2n) is 5.08. The maximum atomic E-state index is 5.69. The van der Waals surface area contributed by atoms with Crippen LogP contribution < -0.4 is 11.1 Å². The van der Waals surface area contributed by atoms with E-state index in [0.717, 1.165) is 22.4 Å². The number of anilines is 1. The van der Waals surface area contributed by atoms with Crippen LogP contribution in [0.5, 0.6) is 0 Å². The number of hydrogen-bond donors (Lipinski definition) is 2. The average Bonchev–Trinajstić information content (AvgIpc) is 2.73. The molecule has 1 aliphatic carbocycles. The number of benzene rings is 2. The molecule has 1 aliphatic rings. The zero-order chi connectivity index (χ0) is 14.1. The third-order valence-corrected chi connectivity index (χ3v) is 3.79. The van der Waals surface area contributed by atoms with Gasteiger partial charge >= 0.3 is 0 Å². The largest absolute Gasteiger partial charge is 0.374 e. The number of nitrogens with two attached hydrogens (primary N) is 1. The lowest BCUT2D eigenvalue weighted by atomic mass is 10.1. The fourth-order valence-electron chi connectivity index (χ4n) is 2.69. The van der Waals surface area contributed by atoms with Gasteiger partial charge in [-0.15, -0.1) is 0 Å². The minimum Gasteiger partial charge on any atom is -0.374 e. The smallest absolute Gasteiger partial charge is 0.0768 e. The fourth-order valence-corrected chi connectivity index (χ4v) is 2.69. The molecule has 3 rings (SSSR count). The van der Waals surface area contributed by atoms with E-state index in [1.54, 1.807) is 0 Å². The van der Waals surface area contributed by atoms with E-state index in [2.05, 4.69) is 36.7 Å². The van der Waals surface area contributed by atoms with Crippen molar-refractivity contribution in [2.75, 3.05) is 5.32 Å². The van der Waals surface area contributed by atoms with Crippen LogP contribution in [0.25, 0.3) is 11.1 Å². The lowest BCUT2D eigenvalue weighted by Crippen LogP contribution is -2.17. The Morgan fingerprint density at radius 2 is 1.60 bits per heavy atom. The molecule has 2 aromatic carbocycles. The first kappa shape index (κ1) is 12.7. The number of fused-ring (bicyclic) bond motifs is 1. The Labute approximate surface area is 119 Å². The molecule has 0 aromatic heterocycles. The normalized spacial score (nSPS) is 14.4. The highest BCUT2D eigenvalue weighted by atomic mass is 14.9. The highest BCUT2D eigenvalue weighted by molar-refractivity contribution is 5.98. The summed E-state index contributed by atoms with van der Waals surface area (Å²) < 4.78 is 0. The van der Waals surface area contributed by atoms with Gasteiger partial charge < -0.3 is 11.1 Å². The van der Waals surface area contributed by atoms with Crippen molar-refractivity contribution in [3.8, 4) is 0 Å². The maximum absolute atomic E-state index is 5.69. The minimum absolute atomic E-state index is 0.0559. The van der Waals surface area contributed by atoms with Crippen molar-refractivity contribution in [2.24, 2.45) is 5.73 Å². The Kier molecular flexibility index (Phi) is 3.17. The van der Waals surface area contributed by atoms with E-state index in [0.29, 0.717) is 6.54 Å². The molecule has 20 heavy (non-hydrogen) atoms. The van der Waals surface area contributed by atoms with E-state index in [1.165, 1.54) is 11.1 Å². The topological polar surface area (TPSA) is 38.0 Å². The summed E-state index contributed by atoms with van der Waals surface area (Å²) in [6, 6.07) is 16.5. The lowest BCUT2D eigenvalue weighted by molar-refractivity contribution is 1.07. The van der Waals surface area contributed by atoms with Gasteiger partial charge in [0, 0.05) is 12.2 Å². The first-order valence-electron chi connectivity index (χ1n) is 6.73. The van der Waals surface area contributed by atoms with Crippen LogP contribution in [-0.2, 0) is 6.54 Å². The van der Waals surface area contributed by atoms with Crippen LogP contribution in [0.2, 0.25) is 0 Å². The van der Waals surface area contributed by atoms with Crippen molar-refractivity contribution in [1.29, 1.82) is 0 Å². The summed E-state index contributed by atoms with van der Waals surface area (Å²) in [7, 11) is 0. The molecule has 2 heteroatoms. The van der Waals surface area contributed by atoms with Gasteiger partial charge in [-0.05, 0) is 40.0 Å². The standard InChI is InChI=1S/C18H18N2/c1-12-16-8-3-4-9-17(16)13(2)18(12)20-15-7-5-6-14(10-15)11-19/h3-10,18,20H,1-2,11,19H2. The van der Waals surface area contributed by atoms with Crippen LogP contribution in [-0.4, -0.2) is 6.04 Å². The van der Waals surface area contributed by atoms with Crippen LogP contribution in [0.15, 0.2) is 61.7 Å². The third kappa shape index (κ3) is 2.04. The van der Waals surface area contributed by atoms with E-state index in [-0.39, 0.29) is 6.04 Å². The zero-order valence-electron chi connectivity index (χ0n) is 11.4. The second-order valence-corrected chi connectivity index (χ2v) is 5.08. The number of hydrogen-bond acceptors (Lipinski definition) is 2. The maximum Gasteiger partial charge on any atom is 0.0768 e. The van der Waals surface area contributed by atoms with Crippen LogP contribution in [0, 0.1) is 0 Å². The molecule has 0 unspecified atom stereocenters. The Morgan fingerprint density at radius 3 is 2.20 bits per heavy atom. The van der Waals surface area contributed by atoms with Gasteiger partial charge in [-0.1, -0.05) is 49.6 Å². The molecule has 0 amide bonds.